The first-order chi connectivity index (χ1) is 7.59. The van der Waals surface area contributed by atoms with Gasteiger partial charge in [-0.1, -0.05) is 0 Å². The Bertz CT molecular complexity index is 301. The third kappa shape index (κ3) is 6.83. The number of hydrogen-bond acceptors (Lipinski definition) is 5. The number of halogens is 1. The van der Waals surface area contributed by atoms with E-state index < -0.39 is 0 Å². The molecule has 0 saturated heterocycles. The first kappa shape index (κ1) is 16.6. The van der Waals surface area contributed by atoms with Crippen molar-refractivity contribution in [2.24, 2.45) is 0 Å². The van der Waals surface area contributed by atoms with Crippen LogP contribution >= 0.6 is 23.7 Å². The highest BCUT2D eigenvalue weighted by molar-refractivity contribution is 7.15. The van der Waals surface area contributed by atoms with Crippen molar-refractivity contribution < 1.29 is 0 Å². The summed E-state index contributed by atoms with van der Waals surface area (Å²) in [5.41, 5.74) is 0. The van der Waals surface area contributed by atoms with Crippen molar-refractivity contribution in [3.63, 3.8) is 0 Å². The first-order valence-corrected chi connectivity index (χ1v) is 6.38. The minimum atomic E-state index is 0. The second-order valence-corrected chi connectivity index (χ2v) is 5.43. The Balaban J connectivity index is 0.00000256. The number of rotatable bonds is 7. The van der Waals surface area contributed by atoms with Crippen LogP contribution < -0.4 is 10.2 Å². The van der Waals surface area contributed by atoms with Gasteiger partial charge in [-0.3, -0.25) is 0 Å². The first-order valence-electron chi connectivity index (χ1n) is 5.57. The topological polar surface area (TPSA) is 31.4 Å². The van der Waals surface area contributed by atoms with Gasteiger partial charge in [0, 0.05) is 31.7 Å². The zero-order valence-electron chi connectivity index (χ0n) is 11.1. The SMILES string of the molecule is CN(C)CCCNCc1cnc(N(C)C)s1.Cl. The van der Waals surface area contributed by atoms with Gasteiger partial charge >= 0.3 is 0 Å². The molecule has 0 fully saturated rings. The van der Waals surface area contributed by atoms with Crippen molar-refractivity contribution in [1.82, 2.24) is 15.2 Å². The molecule has 1 N–H and O–H groups in total. The van der Waals surface area contributed by atoms with Crippen molar-refractivity contribution in [3.05, 3.63) is 11.1 Å². The van der Waals surface area contributed by atoms with Gasteiger partial charge in [0.15, 0.2) is 5.13 Å². The van der Waals surface area contributed by atoms with Crippen LogP contribution in [0.3, 0.4) is 0 Å². The van der Waals surface area contributed by atoms with E-state index in [0.717, 1.165) is 24.8 Å². The van der Waals surface area contributed by atoms with Gasteiger partial charge in [0.25, 0.3) is 0 Å². The van der Waals surface area contributed by atoms with Gasteiger partial charge in [0.2, 0.25) is 0 Å². The summed E-state index contributed by atoms with van der Waals surface area (Å²) in [6, 6.07) is 0. The molecule has 4 nitrogen and oxygen atoms in total. The normalized spacial score (nSPS) is 10.4. The predicted octanol–water partition coefficient (Wildman–Crippen LogP) is 1.67. The van der Waals surface area contributed by atoms with Crippen LogP contribution in [-0.2, 0) is 6.54 Å². The van der Waals surface area contributed by atoms with Crippen molar-refractivity contribution in [1.29, 1.82) is 0 Å². The highest BCUT2D eigenvalue weighted by Gasteiger charge is 2.02. The van der Waals surface area contributed by atoms with Crippen LogP contribution in [0, 0.1) is 0 Å². The molecule has 0 aliphatic rings. The molecule has 0 atom stereocenters. The summed E-state index contributed by atoms with van der Waals surface area (Å²) in [7, 11) is 8.25. The van der Waals surface area contributed by atoms with E-state index in [9.17, 15) is 0 Å². The molecule has 1 aromatic heterocycles. The molecule has 1 aromatic rings. The number of anilines is 1. The van der Waals surface area contributed by atoms with E-state index in [-0.39, 0.29) is 12.4 Å². The molecule has 0 spiro atoms. The lowest BCUT2D eigenvalue weighted by Gasteiger charge is -2.09. The van der Waals surface area contributed by atoms with E-state index >= 15 is 0 Å². The minimum Gasteiger partial charge on any atom is -0.354 e. The van der Waals surface area contributed by atoms with Crippen LogP contribution in [0.25, 0.3) is 0 Å². The molecule has 0 aliphatic heterocycles. The molecule has 100 valence electrons. The molecule has 1 rings (SSSR count). The van der Waals surface area contributed by atoms with Gasteiger partial charge < -0.3 is 15.1 Å². The average Bonchev–Trinajstić information content (AvgIpc) is 2.65. The summed E-state index contributed by atoms with van der Waals surface area (Å²) in [4.78, 5) is 9.89. The number of aromatic nitrogens is 1. The molecular formula is C11H23ClN4S. The summed E-state index contributed by atoms with van der Waals surface area (Å²) in [6.07, 6.45) is 3.14. The van der Waals surface area contributed by atoms with Gasteiger partial charge in [-0.2, -0.15) is 0 Å². The standard InChI is InChI=1S/C11H22N4S.ClH/c1-14(2)7-5-6-12-8-10-9-13-11(16-10)15(3)4;/h9,12H,5-8H2,1-4H3;1H. The maximum atomic E-state index is 4.34. The Morgan fingerprint density at radius 3 is 2.53 bits per heavy atom. The van der Waals surface area contributed by atoms with E-state index in [0.29, 0.717) is 0 Å². The third-order valence-electron chi connectivity index (χ3n) is 2.18. The smallest absolute Gasteiger partial charge is 0.185 e. The summed E-state index contributed by atoms with van der Waals surface area (Å²) >= 11 is 1.75. The Hall–Kier alpha value is -0.360. The fourth-order valence-corrected chi connectivity index (χ4v) is 2.12. The number of nitrogens with one attached hydrogen (secondary N) is 1. The van der Waals surface area contributed by atoms with E-state index in [1.165, 1.54) is 11.3 Å². The van der Waals surface area contributed by atoms with Crippen LogP contribution in [-0.4, -0.2) is 51.2 Å². The second-order valence-electron chi connectivity index (χ2n) is 4.34. The Labute approximate surface area is 114 Å². The molecular weight excluding hydrogens is 256 g/mol. The van der Waals surface area contributed by atoms with Gasteiger partial charge in [0.1, 0.15) is 0 Å². The molecule has 0 unspecified atom stereocenters. The Kier molecular flexibility index (Phi) is 8.51. The highest BCUT2D eigenvalue weighted by atomic mass is 35.5. The molecule has 0 aromatic carbocycles. The molecule has 0 saturated carbocycles. The highest BCUT2D eigenvalue weighted by Crippen LogP contribution is 2.19. The maximum absolute atomic E-state index is 4.34. The van der Waals surface area contributed by atoms with Gasteiger partial charge in [0.05, 0.1) is 0 Å². The zero-order valence-corrected chi connectivity index (χ0v) is 12.7. The number of hydrogen-bond donors (Lipinski definition) is 1. The maximum Gasteiger partial charge on any atom is 0.185 e. The van der Waals surface area contributed by atoms with Crippen LogP contribution in [0.5, 0.6) is 0 Å². The van der Waals surface area contributed by atoms with Crippen molar-refractivity contribution in [2.75, 3.05) is 46.2 Å². The van der Waals surface area contributed by atoms with Crippen LogP contribution in [0.4, 0.5) is 5.13 Å². The van der Waals surface area contributed by atoms with Gasteiger partial charge in [-0.15, -0.1) is 23.7 Å². The Morgan fingerprint density at radius 1 is 1.29 bits per heavy atom. The molecule has 0 aliphatic carbocycles. The fraction of sp³-hybridized carbons (Fsp3) is 0.727. The lowest BCUT2D eigenvalue weighted by Crippen LogP contribution is -2.20. The molecule has 0 radical (unpaired) electrons. The van der Waals surface area contributed by atoms with Crippen molar-refractivity contribution in [3.8, 4) is 0 Å². The summed E-state index contributed by atoms with van der Waals surface area (Å²) < 4.78 is 0. The third-order valence-corrected chi connectivity index (χ3v) is 3.35. The van der Waals surface area contributed by atoms with Gasteiger partial charge in [-0.25, -0.2) is 4.98 Å². The van der Waals surface area contributed by atoms with Crippen molar-refractivity contribution in [2.45, 2.75) is 13.0 Å². The monoisotopic (exact) mass is 278 g/mol. The van der Waals surface area contributed by atoms with Crippen LogP contribution in [0.2, 0.25) is 0 Å². The molecule has 0 bridgehead atoms. The van der Waals surface area contributed by atoms with E-state index in [1.807, 2.05) is 25.2 Å². The average molecular weight is 279 g/mol. The molecule has 6 heteroatoms. The minimum absolute atomic E-state index is 0. The van der Waals surface area contributed by atoms with E-state index in [4.69, 9.17) is 0 Å². The molecule has 1 heterocycles. The van der Waals surface area contributed by atoms with Crippen LogP contribution in [0.1, 0.15) is 11.3 Å². The fourth-order valence-electron chi connectivity index (χ4n) is 1.32. The molecule has 17 heavy (non-hydrogen) atoms. The lowest BCUT2D eigenvalue weighted by atomic mass is 10.4. The summed E-state index contributed by atoms with van der Waals surface area (Å²) in [5, 5.41) is 4.51. The Morgan fingerprint density at radius 2 is 2.00 bits per heavy atom. The summed E-state index contributed by atoms with van der Waals surface area (Å²) in [6.45, 7) is 3.13. The number of nitrogens with zero attached hydrogens (tertiary/aromatic N) is 3. The largest absolute Gasteiger partial charge is 0.354 e. The lowest BCUT2D eigenvalue weighted by molar-refractivity contribution is 0.394. The number of thiazole rings is 1. The van der Waals surface area contributed by atoms with Crippen molar-refractivity contribution >= 4 is 28.9 Å². The molecule has 0 amide bonds. The second kappa shape index (κ2) is 8.69. The zero-order chi connectivity index (χ0) is 12.0. The predicted molar refractivity (Wildman–Crippen MR) is 78.6 cm³/mol. The summed E-state index contributed by atoms with van der Waals surface area (Å²) in [5.74, 6) is 0. The van der Waals surface area contributed by atoms with E-state index in [2.05, 4.69) is 29.3 Å². The van der Waals surface area contributed by atoms with E-state index in [1.54, 1.807) is 11.3 Å². The van der Waals surface area contributed by atoms with Gasteiger partial charge in [-0.05, 0) is 33.6 Å². The quantitative estimate of drug-likeness (QED) is 0.769. The van der Waals surface area contributed by atoms with Crippen LogP contribution in [0.15, 0.2) is 6.20 Å².